The number of furan rings is 1. The van der Waals surface area contributed by atoms with Gasteiger partial charge in [0.2, 0.25) is 5.78 Å². The van der Waals surface area contributed by atoms with Crippen LogP contribution in [-0.4, -0.2) is 17.7 Å². The zero-order chi connectivity index (χ0) is 13.5. The minimum absolute atomic E-state index is 0.0568. The van der Waals surface area contributed by atoms with Crippen LogP contribution in [0, 0.1) is 0 Å². The SMILES string of the molecule is NN=CC(=NNc1ccccc1)C(=O)c1ccco1. The van der Waals surface area contributed by atoms with E-state index < -0.39 is 5.78 Å². The van der Waals surface area contributed by atoms with Gasteiger partial charge in [0, 0.05) is 0 Å². The molecular weight excluding hydrogens is 244 g/mol. The number of ketones is 1. The normalized spacial score (nSPS) is 11.7. The second-order valence-corrected chi connectivity index (χ2v) is 3.56. The lowest BCUT2D eigenvalue weighted by atomic mass is 10.2. The maximum absolute atomic E-state index is 12.0. The lowest BCUT2D eigenvalue weighted by molar-refractivity contribution is 0.104. The quantitative estimate of drug-likeness (QED) is 0.369. The summed E-state index contributed by atoms with van der Waals surface area (Å²) in [6.45, 7) is 0. The van der Waals surface area contributed by atoms with E-state index in [2.05, 4.69) is 15.6 Å². The third kappa shape index (κ3) is 3.29. The summed E-state index contributed by atoms with van der Waals surface area (Å²) >= 11 is 0. The van der Waals surface area contributed by atoms with Gasteiger partial charge < -0.3 is 10.3 Å². The molecule has 0 amide bonds. The van der Waals surface area contributed by atoms with Crippen molar-refractivity contribution in [1.29, 1.82) is 0 Å². The number of hydrogen-bond donors (Lipinski definition) is 2. The molecule has 6 heteroatoms. The minimum atomic E-state index is -0.400. The molecule has 19 heavy (non-hydrogen) atoms. The van der Waals surface area contributed by atoms with E-state index in [9.17, 15) is 4.79 Å². The van der Waals surface area contributed by atoms with Gasteiger partial charge in [0.15, 0.2) is 11.5 Å². The van der Waals surface area contributed by atoms with Gasteiger partial charge in [-0.25, -0.2) is 0 Å². The van der Waals surface area contributed by atoms with E-state index in [1.165, 1.54) is 12.5 Å². The monoisotopic (exact) mass is 256 g/mol. The first kappa shape index (κ1) is 12.6. The Hall–Kier alpha value is -2.89. The van der Waals surface area contributed by atoms with Crippen LogP contribution in [-0.2, 0) is 0 Å². The Bertz CT molecular complexity index is 588. The Balaban J connectivity index is 2.18. The summed E-state index contributed by atoms with van der Waals surface area (Å²) in [6.07, 6.45) is 2.58. The first-order valence-electron chi connectivity index (χ1n) is 5.51. The number of hydrogen-bond acceptors (Lipinski definition) is 6. The number of rotatable bonds is 5. The van der Waals surface area contributed by atoms with E-state index in [-0.39, 0.29) is 11.5 Å². The molecule has 96 valence electrons. The average Bonchev–Trinajstić information content (AvgIpc) is 2.98. The molecule has 0 fully saturated rings. The number of benzene rings is 1. The van der Waals surface area contributed by atoms with Crippen LogP contribution in [0.5, 0.6) is 0 Å². The molecule has 0 radical (unpaired) electrons. The van der Waals surface area contributed by atoms with Crippen molar-refractivity contribution in [1.82, 2.24) is 0 Å². The molecule has 1 aromatic heterocycles. The zero-order valence-electron chi connectivity index (χ0n) is 9.98. The van der Waals surface area contributed by atoms with Gasteiger partial charge in [-0.05, 0) is 24.3 Å². The molecule has 0 aliphatic rings. The van der Waals surface area contributed by atoms with Crippen molar-refractivity contribution < 1.29 is 9.21 Å². The Morgan fingerprint density at radius 3 is 2.63 bits per heavy atom. The number of Topliss-reactive ketones (excluding diaryl/α,β-unsaturated/α-hetero) is 1. The Morgan fingerprint density at radius 1 is 1.21 bits per heavy atom. The number of anilines is 1. The number of carbonyl (C=O) groups excluding carboxylic acids is 1. The smallest absolute Gasteiger partial charge is 0.249 e. The van der Waals surface area contributed by atoms with Crippen molar-refractivity contribution in [3.8, 4) is 0 Å². The molecule has 3 N–H and O–H groups in total. The number of hydrazone groups is 2. The zero-order valence-corrected chi connectivity index (χ0v) is 9.98. The second kappa shape index (κ2) is 6.15. The van der Waals surface area contributed by atoms with Gasteiger partial charge in [0.25, 0.3) is 0 Å². The Labute approximate surface area is 109 Å². The summed E-state index contributed by atoms with van der Waals surface area (Å²) < 4.78 is 5.01. The molecule has 0 bridgehead atoms. The highest BCUT2D eigenvalue weighted by molar-refractivity contribution is 6.64. The summed E-state index contributed by atoms with van der Waals surface area (Å²) in [6, 6.07) is 12.4. The molecule has 1 aromatic carbocycles. The average molecular weight is 256 g/mol. The fraction of sp³-hybridized carbons (Fsp3) is 0. The molecule has 0 saturated heterocycles. The van der Waals surface area contributed by atoms with Gasteiger partial charge >= 0.3 is 0 Å². The first-order chi connectivity index (χ1) is 9.31. The number of carbonyl (C=O) groups is 1. The second-order valence-electron chi connectivity index (χ2n) is 3.56. The Morgan fingerprint density at radius 2 is 2.00 bits per heavy atom. The van der Waals surface area contributed by atoms with Crippen molar-refractivity contribution >= 4 is 23.4 Å². The first-order valence-corrected chi connectivity index (χ1v) is 5.51. The summed E-state index contributed by atoms with van der Waals surface area (Å²) in [7, 11) is 0. The van der Waals surface area contributed by atoms with Crippen LogP contribution in [0.2, 0.25) is 0 Å². The topological polar surface area (TPSA) is 93.0 Å². The largest absolute Gasteiger partial charge is 0.461 e. The fourth-order valence-electron chi connectivity index (χ4n) is 1.38. The van der Waals surface area contributed by atoms with E-state index in [1.54, 1.807) is 12.1 Å². The van der Waals surface area contributed by atoms with Crippen LogP contribution in [0.4, 0.5) is 5.69 Å². The molecule has 0 spiro atoms. The molecular formula is C13H12N4O2. The van der Waals surface area contributed by atoms with Crippen LogP contribution in [0.25, 0.3) is 0 Å². The van der Waals surface area contributed by atoms with Crippen LogP contribution in [0.3, 0.4) is 0 Å². The van der Waals surface area contributed by atoms with Gasteiger partial charge in [0.05, 0.1) is 18.2 Å². The molecule has 0 unspecified atom stereocenters. The standard InChI is InChI=1S/C13H12N4O2/c14-15-9-11(13(18)12-7-4-8-19-12)17-16-10-5-2-1-3-6-10/h1-9,16H,14H2. The predicted molar refractivity (Wildman–Crippen MR) is 73.2 cm³/mol. The van der Waals surface area contributed by atoms with Gasteiger partial charge in [-0.3, -0.25) is 10.2 Å². The number of nitrogens with zero attached hydrogens (tertiary/aromatic N) is 2. The predicted octanol–water partition coefficient (Wildman–Crippen LogP) is 1.87. The molecule has 1 heterocycles. The van der Waals surface area contributed by atoms with Gasteiger partial charge in [-0.15, -0.1) is 0 Å². The fourth-order valence-corrected chi connectivity index (χ4v) is 1.38. The van der Waals surface area contributed by atoms with E-state index in [4.69, 9.17) is 10.3 Å². The van der Waals surface area contributed by atoms with Crippen LogP contribution < -0.4 is 11.3 Å². The van der Waals surface area contributed by atoms with E-state index in [0.717, 1.165) is 5.69 Å². The van der Waals surface area contributed by atoms with Crippen molar-refractivity contribution in [3.05, 3.63) is 54.5 Å². The number of para-hydroxylation sites is 1. The highest BCUT2D eigenvalue weighted by Crippen LogP contribution is 2.06. The van der Waals surface area contributed by atoms with Gasteiger partial charge in [-0.2, -0.15) is 10.2 Å². The van der Waals surface area contributed by atoms with Crippen LogP contribution >= 0.6 is 0 Å². The maximum Gasteiger partial charge on any atom is 0.249 e. The third-order valence-electron chi connectivity index (χ3n) is 2.25. The molecule has 0 saturated carbocycles. The minimum Gasteiger partial charge on any atom is -0.461 e. The molecule has 0 atom stereocenters. The summed E-state index contributed by atoms with van der Waals surface area (Å²) in [5, 5.41) is 7.29. The molecule has 0 aliphatic heterocycles. The highest BCUT2D eigenvalue weighted by Gasteiger charge is 2.15. The third-order valence-corrected chi connectivity index (χ3v) is 2.25. The molecule has 0 aliphatic carbocycles. The summed E-state index contributed by atoms with van der Waals surface area (Å²) in [4.78, 5) is 12.0. The molecule has 6 nitrogen and oxygen atoms in total. The number of nitrogens with two attached hydrogens (primary N) is 1. The van der Waals surface area contributed by atoms with Gasteiger partial charge in [-0.1, -0.05) is 18.2 Å². The van der Waals surface area contributed by atoms with Crippen LogP contribution in [0.1, 0.15) is 10.6 Å². The summed E-state index contributed by atoms with van der Waals surface area (Å²) in [5.41, 5.74) is 3.56. The Kier molecular flexibility index (Phi) is 4.07. The van der Waals surface area contributed by atoms with E-state index in [1.807, 2.05) is 30.3 Å². The van der Waals surface area contributed by atoms with Crippen molar-refractivity contribution in [3.63, 3.8) is 0 Å². The van der Waals surface area contributed by atoms with E-state index in [0.29, 0.717) is 0 Å². The van der Waals surface area contributed by atoms with Crippen molar-refractivity contribution in [2.75, 3.05) is 5.43 Å². The molecule has 2 rings (SSSR count). The number of nitrogens with one attached hydrogen (secondary N) is 1. The summed E-state index contributed by atoms with van der Waals surface area (Å²) in [5.74, 6) is 4.84. The van der Waals surface area contributed by atoms with Crippen molar-refractivity contribution in [2.24, 2.45) is 16.0 Å². The van der Waals surface area contributed by atoms with Crippen molar-refractivity contribution in [2.45, 2.75) is 0 Å². The van der Waals surface area contributed by atoms with Crippen LogP contribution in [0.15, 0.2) is 63.3 Å². The molecule has 2 aromatic rings. The van der Waals surface area contributed by atoms with E-state index >= 15 is 0 Å². The lowest BCUT2D eigenvalue weighted by Gasteiger charge is -2.01. The maximum atomic E-state index is 12.0. The highest BCUT2D eigenvalue weighted by atomic mass is 16.3. The lowest BCUT2D eigenvalue weighted by Crippen LogP contribution is -2.17. The van der Waals surface area contributed by atoms with Gasteiger partial charge in [0.1, 0.15) is 0 Å².